The average Bonchev–Trinajstić information content (AvgIpc) is 3.22. The van der Waals surface area contributed by atoms with Crippen LogP contribution in [0.25, 0.3) is 22.4 Å². The van der Waals surface area contributed by atoms with Crippen LogP contribution in [0.3, 0.4) is 0 Å². The number of methoxy groups -OCH3 is 1. The largest absolute Gasteiger partial charge is 0.465 e. The van der Waals surface area contributed by atoms with Crippen LogP contribution in [0.4, 0.5) is 4.39 Å². The van der Waals surface area contributed by atoms with Crippen molar-refractivity contribution in [3.8, 4) is 11.4 Å². The van der Waals surface area contributed by atoms with E-state index in [2.05, 4.69) is 14.8 Å². The van der Waals surface area contributed by atoms with Crippen LogP contribution in [0.2, 0.25) is 0 Å². The number of halogens is 1. The second-order valence-corrected chi connectivity index (χ2v) is 6.68. The van der Waals surface area contributed by atoms with Gasteiger partial charge in [-0.15, -0.1) is 5.10 Å². The van der Waals surface area contributed by atoms with Gasteiger partial charge in [0.25, 0.3) is 5.56 Å². The van der Waals surface area contributed by atoms with Gasteiger partial charge in [0.2, 0.25) is 4.96 Å². The van der Waals surface area contributed by atoms with E-state index in [4.69, 9.17) is 0 Å². The van der Waals surface area contributed by atoms with Crippen LogP contribution in [-0.4, -0.2) is 27.7 Å². The molecule has 0 aliphatic heterocycles. The molecule has 0 amide bonds. The van der Waals surface area contributed by atoms with Gasteiger partial charge >= 0.3 is 5.97 Å². The normalized spacial score (nSPS) is 11.9. The molecule has 0 fully saturated rings. The predicted molar refractivity (Wildman–Crippen MR) is 99.1 cm³/mol. The van der Waals surface area contributed by atoms with Crippen molar-refractivity contribution in [3.05, 3.63) is 80.4 Å². The molecule has 4 aromatic rings. The van der Waals surface area contributed by atoms with Gasteiger partial charge in [0.05, 0.1) is 17.2 Å². The highest BCUT2D eigenvalue weighted by molar-refractivity contribution is 7.15. The van der Waals surface area contributed by atoms with Crippen LogP contribution in [0.1, 0.15) is 15.9 Å². The van der Waals surface area contributed by atoms with Crippen molar-refractivity contribution in [2.45, 2.75) is 0 Å². The molecule has 2 aromatic carbocycles. The SMILES string of the molecule is COC(=O)c1ccc(/C=c2\sc3nc(-c4ccc(F)cc4)nn3c2=O)cc1. The summed E-state index contributed by atoms with van der Waals surface area (Å²) in [4.78, 5) is 28.8. The van der Waals surface area contributed by atoms with Crippen LogP contribution in [-0.2, 0) is 4.74 Å². The number of ether oxygens (including phenoxy) is 1. The van der Waals surface area contributed by atoms with Crippen molar-refractivity contribution in [3.63, 3.8) is 0 Å². The van der Waals surface area contributed by atoms with E-state index in [1.807, 2.05) is 0 Å². The topological polar surface area (TPSA) is 73.6 Å². The molecule has 0 N–H and O–H groups in total. The first-order valence-electron chi connectivity index (χ1n) is 7.91. The Morgan fingerprint density at radius 1 is 1.15 bits per heavy atom. The number of carbonyl (C=O) groups excluding carboxylic acids is 1. The standard InChI is InChI=1S/C19H12FN3O3S/c1-26-18(25)13-4-2-11(3-5-13)10-15-17(24)23-19(27-15)21-16(22-23)12-6-8-14(20)9-7-12/h2-10H,1H3/b15-10-. The second kappa shape index (κ2) is 6.73. The van der Waals surface area contributed by atoms with E-state index in [1.165, 1.54) is 35.1 Å². The number of hydrogen-bond donors (Lipinski definition) is 0. The zero-order valence-corrected chi connectivity index (χ0v) is 14.9. The van der Waals surface area contributed by atoms with Gasteiger partial charge in [0, 0.05) is 5.56 Å². The molecular weight excluding hydrogens is 369 g/mol. The Kier molecular flexibility index (Phi) is 4.25. The van der Waals surface area contributed by atoms with Gasteiger partial charge in [0.1, 0.15) is 5.82 Å². The number of hydrogen-bond acceptors (Lipinski definition) is 6. The number of carbonyl (C=O) groups is 1. The van der Waals surface area contributed by atoms with E-state index in [0.29, 0.717) is 26.4 Å². The fourth-order valence-corrected chi connectivity index (χ4v) is 3.45. The zero-order chi connectivity index (χ0) is 19.0. The highest BCUT2D eigenvalue weighted by atomic mass is 32.1. The molecular formula is C19H12FN3O3S. The van der Waals surface area contributed by atoms with Crippen molar-refractivity contribution in [1.29, 1.82) is 0 Å². The Morgan fingerprint density at radius 2 is 1.85 bits per heavy atom. The molecule has 0 saturated carbocycles. The van der Waals surface area contributed by atoms with Crippen molar-refractivity contribution in [2.75, 3.05) is 7.11 Å². The number of nitrogens with zero attached hydrogens (tertiary/aromatic N) is 3. The van der Waals surface area contributed by atoms with Crippen molar-refractivity contribution < 1.29 is 13.9 Å². The number of rotatable bonds is 3. The summed E-state index contributed by atoms with van der Waals surface area (Å²) in [5.74, 6) is -0.398. The lowest BCUT2D eigenvalue weighted by Gasteiger charge is -1.98. The number of thiazole rings is 1. The fraction of sp³-hybridized carbons (Fsp3) is 0.0526. The quantitative estimate of drug-likeness (QED) is 0.509. The monoisotopic (exact) mass is 381 g/mol. The average molecular weight is 381 g/mol. The van der Waals surface area contributed by atoms with Gasteiger partial charge in [-0.3, -0.25) is 4.79 Å². The molecule has 4 rings (SSSR count). The highest BCUT2D eigenvalue weighted by Crippen LogP contribution is 2.17. The minimum atomic E-state index is -0.418. The van der Waals surface area contributed by atoms with Crippen LogP contribution < -0.4 is 10.1 Å². The molecule has 2 heterocycles. The molecule has 0 saturated heterocycles. The lowest BCUT2D eigenvalue weighted by molar-refractivity contribution is 0.0600. The number of aromatic nitrogens is 3. The lowest BCUT2D eigenvalue weighted by Crippen LogP contribution is -2.23. The van der Waals surface area contributed by atoms with Gasteiger partial charge in [-0.25, -0.2) is 9.18 Å². The highest BCUT2D eigenvalue weighted by Gasteiger charge is 2.12. The van der Waals surface area contributed by atoms with Gasteiger partial charge in [-0.05, 0) is 48.0 Å². The van der Waals surface area contributed by atoms with Gasteiger partial charge in [-0.2, -0.15) is 9.50 Å². The first-order chi connectivity index (χ1) is 13.0. The fourth-order valence-electron chi connectivity index (χ4n) is 2.54. The third-order valence-electron chi connectivity index (χ3n) is 3.91. The summed E-state index contributed by atoms with van der Waals surface area (Å²) in [5, 5.41) is 4.22. The Labute approximate surface area is 156 Å². The molecule has 0 radical (unpaired) electrons. The number of esters is 1. The lowest BCUT2D eigenvalue weighted by atomic mass is 10.1. The predicted octanol–water partition coefficient (Wildman–Crippen LogP) is 2.29. The molecule has 0 atom stereocenters. The number of benzene rings is 2. The maximum Gasteiger partial charge on any atom is 0.337 e. The van der Waals surface area contributed by atoms with E-state index < -0.39 is 5.97 Å². The summed E-state index contributed by atoms with van der Waals surface area (Å²) < 4.78 is 19.4. The van der Waals surface area contributed by atoms with Crippen molar-refractivity contribution in [1.82, 2.24) is 14.6 Å². The van der Waals surface area contributed by atoms with Crippen LogP contribution in [0, 0.1) is 5.82 Å². The molecule has 6 nitrogen and oxygen atoms in total. The van der Waals surface area contributed by atoms with E-state index in [1.54, 1.807) is 42.5 Å². The molecule has 0 unspecified atom stereocenters. The van der Waals surface area contributed by atoms with Crippen LogP contribution >= 0.6 is 11.3 Å². The molecule has 0 spiro atoms. The third kappa shape index (κ3) is 3.22. The summed E-state index contributed by atoms with van der Waals surface area (Å²) >= 11 is 1.21. The summed E-state index contributed by atoms with van der Waals surface area (Å²) in [6.07, 6.45) is 1.71. The molecule has 2 aromatic heterocycles. The van der Waals surface area contributed by atoms with Crippen molar-refractivity contribution in [2.24, 2.45) is 0 Å². The van der Waals surface area contributed by atoms with Gasteiger partial charge in [0.15, 0.2) is 5.82 Å². The molecule has 0 aliphatic rings. The molecule has 0 aliphatic carbocycles. The number of fused-ring (bicyclic) bond motifs is 1. The summed E-state index contributed by atoms with van der Waals surface area (Å²) in [5.41, 5.74) is 1.55. The first-order valence-corrected chi connectivity index (χ1v) is 8.72. The zero-order valence-electron chi connectivity index (χ0n) is 14.0. The Morgan fingerprint density at radius 3 is 2.48 bits per heavy atom. The Hall–Kier alpha value is -3.39. The Balaban J connectivity index is 1.71. The first kappa shape index (κ1) is 17.0. The summed E-state index contributed by atoms with van der Waals surface area (Å²) in [6, 6.07) is 12.5. The van der Waals surface area contributed by atoms with Crippen LogP contribution in [0.5, 0.6) is 0 Å². The third-order valence-corrected chi connectivity index (χ3v) is 4.87. The summed E-state index contributed by atoms with van der Waals surface area (Å²) in [7, 11) is 1.32. The van der Waals surface area contributed by atoms with E-state index in [9.17, 15) is 14.0 Å². The van der Waals surface area contributed by atoms with E-state index in [-0.39, 0.29) is 11.4 Å². The minimum Gasteiger partial charge on any atom is -0.465 e. The van der Waals surface area contributed by atoms with Gasteiger partial charge in [-0.1, -0.05) is 23.5 Å². The molecule has 8 heteroatoms. The van der Waals surface area contributed by atoms with Crippen LogP contribution in [0.15, 0.2) is 53.3 Å². The summed E-state index contributed by atoms with van der Waals surface area (Å²) in [6.45, 7) is 0. The molecule has 134 valence electrons. The molecule has 0 bridgehead atoms. The maximum atomic E-state index is 13.0. The second-order valence-electron chi connectivity index (χ2n) is 5.67. The smallest absolute Gasteiger partial charge is 0.337 e. The van der Waals surface area contributed by atoms with E-state index >= 15 is 0 Å². The van der Waals surface area contributed by atoms with Gasteiger partial charge < -0.3 is 4.74 Å². The molecule has 27 heavy (non-hydrogen) atoms. The van der Waals surface area contributed by atoms with Crippen molar-refractivity contribution >= 4 is 28.3 Å². The minimum absolute atomic E-state index is 0.284. The maximum absolute atomic E-state index is 13.0. The van der Waals surface area contributed by atoms with E-state index in [0.717, 1.165) is 5.56 Å². The Bertz CT molecular complexity index is 1240.